The summed E-state index contributed by atoms with van der Waals surface area (Å²) in [6.45, 7) is 5.18. The first-order chi connectivity index (χ1) is 17.5. The molecule has 2 fully saturated rings. The van der Waals surface area contributed by atoms with Crippen LogP contribution in [-0.4, -0.2) is 71.3 Å². The topological polar surface area (TPSA) is 93.1 Å². The molecule has 36 heavy (non-hydrogen) atoms. The average molecular weight is 519 g/mol. The fourth-order valence-electron chi connectivity index (χ4n) is 4.71. The highest BCUT2D eigenvalue weighted by molar-refractivity contribution is 7.90. The molecule has 2 saturated heterocycles. The van der Waals surface area contributed by atoms with Gasteiger partial charge >= 0.3 is 6.47 Å². The molecule has 3 heterocycles. The maximum atomic E-state index is 13.6. The molecule has 0 saturated carbocycles. The zero-order valence-corrected chi connectivity index (χ0v) is 21.0. The van der Waals surface area contributed by atoms with Crippen LogP contribution in [0.4, 0.5) is 15.9 Å². The van der Waals surface area contributed by atoms with E-state index in [1.807, 2.05) is 30.3 Å². The maximum Gasteiger partial charge on any atom is 0.337 e. The van der Waals surface area contributed by atoms with E-state index in [2.05, 4.69) is 26.1 Å². The van der Waals surface area contributed by atoms with Gasteiger partial charge in [0.1, 0.15) is 0 Å². The minimum absolute atomic E-state index is 0.191. The molecule has 1 unspecified atom stereocenters. The normalized spacial score (nSPS) is 18.4. The Labute approximate surface area is 210 Å². The largest absolute Gasteiger partial charge is 0.380 e. The third-order valence-corrected chi connectivity index (χ3v) is 8.29. The number of rotatable bonds is 6. The van der Waals surface area contributed by atoms with Crippen molar-refractivity contribution in [1.29, 1.82) is 0 Å². The van der Waals surface area contributed by atoms with Crippen LogP contribution in [0.15, 0.2) is 59.6 Å². The molecule has 0 bridgehead atoms. The third-order valence-electron chi connectivity index (χ3n) is 6.60. The molecule has 3 aromatic rings. The van der Waals surface area contributed by atoms with Crippen LogP contribution in [0.3, 0.4) is 0 Å². The van der Waals surface area contributed by atoms with Gasteiger partial charge in [-0.2, -0.15) is 0 Å². The molecule has 2 aliphatic heterocycles. The molecule has 1 aromatic heterocycles. The summed E-state index contributed by atoms with van der Waals surface area (Å²) in [5.74, 6) is 0. The van der Waals surface area contributed by atoms with Gasteiger partial charge < -0.3 is 19.9 Å². The summed E-state index contributed by atoms with van der Waals surface area (Å²) in [4.78, 5) is 15.8. The van der Waals surface area contributed by atoms with Crippen LogP contribution in [-0.2, 0) is 24.5 Å². The number of methoxy groups -OCH3 is 1. The molecular weight excluding hydrogens is 487 g/mol. The van der Waals surface area contributed by atoms with Crippen LogP contribution in [0.2, 0.25) is 0 Å². The van der Waals surface area contributed by atoms with Crippen LogP contribution < -0.4 is 15.1 Å². The average Bonchev–Trinajstić information content (AvgIpc) is 3.48. The van der Waals surface area contributed by atoms with Crippen LogP contribution in [0.1, 0.15) is 12.8 Å². The summed E-state index contributed by atoms with van der Waals surface area (Å²) in [7, 11) is -2.00. The Hall–Kier alpha value is -3.15. The molecular formula is C25H31FN4O5S. The number of anilines is 2. The number of nitrogens with one attached hydrogen (secondary N) is 1. The van der Waals surface area contributed by atoms with E-state index in [9.17, 15) is 12.9 Å². The summed E-state index contributed by atoms with van der Waals surface area (Å²) >= 11 is 0. The van der Waals surface area contributed by atoms with E-state index in [1.165, 1.54) is 3.97 Å². The Bertz CT molecular complexity index is 1270. The smallest absolute Gasteiger partial charge is 0.337 e. The molecule has 5 rings (SSSR count). The highest BCUT2D eigenvalue weighted by atomic mass is 32.2. The fraction of sp³-hybridized carbons (Fsp3) is 0.400. The Morgan fingerprint density at radius 3 is 2.58 bits per heavy atom. The van der Waals surface area contributed by atoms with Gasteiger partial charge in [-0.05, 0) is 55.8 Å². The molecule has 1 N–H and O–H groups in total. The van der Waals surface area contributed by atoms with Crippen molar-refractivity contribution in [1.82, 2.24) is 9.29 Å². The monoisotopic (exact) mass is 518 g/mol. The maximum absolute atomic E-state index is 13.6. The first kappa shape index (κ1) is 25.9. The minimum Gasteiger partial charge on any atom is -0.380 e. The summed E-state index contributed by atoms with van der Waals surface area (Å²) < 4.78 is 44.0. The number of halogens is 1. The van der Waals surface area contributed by atoms with Crippen molar-refractivity contribution >= 4 is 38.8 Å². The van der Waals surface area contributed by atoms with Crippen LogP contribution in [0, 0.1) is 0 Å². The molecule has 1 atom stereocenters. The van der Waals surface area contributed by atoms with Crippen LogP contribution >= 0.6 is 0 Å². The standard InChI is InChI=1S/C24H30N4O3S.CHFO2/c1-31-22-9-13-27(18-22)20-4-2-5-23(16-20)32(29,30)28-14-8-19-6-7-21(17-24(19)28)26-12-3-10-25-11-15-26;2-4-1-3/h2,4-8,14,16-17,22,25H,3,9-13,15,18H2,1H3;1H. The van der Waals surface area contributed by atoms with E-state index < -0.39 is 10.0 Å². The van der Waals surface area contributed by atoms with E-state index in [4.69, 9.17) is 9.53 Å². The Morgan fingerprint density at radius 1 is 1.03 bits per heavy atom. The van der Waals surface area contributed by atoms with Crippen LogP contribution in [0.25, 0.3) is 10.9 Å². The van der Waals surface area contributed by atoms with E-state index in [1.54, 1.807) is 25.4 Å². The van der Waals surface area contributed by atoms with Crippen molar-refractivity contribution in [2.75, 3.05) is 56.2 Å². The first-order valence-corrected chi connectivity index (χ1v) is 13.3. The van der Waals surface area contributed by atoms with Crippen molar-refractivity contribution in [3.05, 3.63) is 54.7 Å². The van der Waals surface area contributed by atoms with Crippen molar-refractivity contribution < 1.29 is 27.4 Å². The molecule has 0 spiro atoms. The van der Waals surface area contributed by atoms with Gasteiger partial charge in [-0.15, -0.1) is 0 Å². The number of ether oxygens (including phenoxy) is 1. The summed E-state index contributed by atoms with van der Waals surface area (Å²) in [5, 5.41) is 4.34. The molecule has 194 valence electrons. The third kappa shape index (κ3) is 5.63. The number of nitrogens with zero attached hydrogens (tertiary/aromatic N) is 3. The fourth-order valence-corrected chi connectivity index (χ4v) is 6.10. The number of aromatic nitrogens is 1. The lowest BCUT2D eigenvalue weighted by atomic mass is 10.2. The molecule has 0 amide bonds. The second-order valence-corrected chi connectivity index (χ2v) is 10.5. The quantitative estimate of drug-likeness (QED) is 0.498. The van der Waals surface area contributed by atoms with Crippen LogP contribution in [0.5, 0.6) is 0 Å². The van der Waals surface area contributed by atoms with Gasteiger partial charge in [0.2, 0.25) is 0 Å². The number of carbonyl (C=O) groups is 1. The van der Waals surface area contributed by atoms with Gasteiger partial charge in [0.05, 0.1) is 16.5 Å². The van der Waals surface area contributed by atoms with E-state index in [0.29, 0.717) is 10.4 Å². The van der Waals surface area contributed by atoms with Gasteiger partial charge in [0, 0.05) is 67.3 Å². The van der Waals surface area contributed by atoms with E-state index in [-0.39, 0.29) is 12.6 Å². The van der Waals surface area contributed by atoms with Crippen molar-refractivity contribution in [2.24, 2.45) is 0 Å². The first-order valence-electron chi connectivity index (χ1n) is 11.9. The molecule has 2 aromatic carbocycles. The molecule has 2 aliphatic rings. The Morgan fingerprint density at radius 2 is 1.83 bits per heavy atom. The molecule has 0 aliphatic carbocycles. The van der Waals surface area contributed by atoms with Gasteiger partial charge in [0.25, 0.3) is 10.0 Å². The lowest BCUT2D eigenvalue weighted by molar-refractivity contribution is -0.165. The summed E-state index contributed by atoms with van der Waals surface area (Å²) in [5.41, 5.74) is 2.69. The molecule has 9 nitrogen and oxygen atoms in total. The van der Waals surface area contributed by atoms with Gasteiger partial charge in [0.15, 0.2) is 0 Å². The highest BCUT2D eigenvalue weighted by Crippen LogP contribution is 2.29. The number of hydrogen-bond donors (Lipinski definition) is 1. The van der Waals surface area contributed by atoms with Crippen molar-refractivity contribution in [3.63, 3.8) is 0 Å². The predicted molar refractivity (Wildman–Crippen MR) is 137 cm³/mol. The lowest BCUT2D eigenvalue weighted by Crippen LogP contribution is -2.27. The van der Waals surface area contributed by atoms with Gasteiger partial charge in [-0.1, -0.05) is 12.1 Å². The SMILES string of the molecule is COC1CCN(c2cccc(S(=O)(=O)n3ccc4ccc(N5CCCNCC5)cc43)c2)C1.O=COF. The molecule has 0 radical (unpaired) electrons. The van der Waals surface area contributed by atoms with Crippen molar-refractivity contribution in [3.8, 4) is 0 Å². The highest BCUT2D eigenvalue weighted by Gasteiger charge is 2.25. The van der Waals surface area contributed by atoms with Crippen molar-refractivity contribution in [2.45, 2.75) is 23.8 Å². The second-order valence-electron chi connectivity index (χ2n) is 8.73. The Kier molecular flexibility index (Phi) is 8.44. The Balaban J connectivity index is 0.000000709. The lowest BCUT2D eigenvalue weighted by Gasteiger charge is -2.22. The zero-order valence-electron chi connectivity index (χ0n) is 20.2. The summed E-state index contributed by atoms with van der Waals surface area (Å²) in [6, 6.07) is 15.2. The summed E-state index contributed by atoms with van der Waals surface area (Å²) in [6.07, 6.45) is 3.88. The second kappa shape index (κ2) is 11.7. The predicted octanol–water partition coefficient (Wildman–Crippen LogP) is 2.95. The molecule has 11 heteroatoms. The van der Waals surface area contributed by atoms with E-state index >= 15 is 0 Å². The van der Waals surface area contributed by atoms with Gasteiger partial charge in [-0.3, -0.25) is 9.74 Å². The zero-order chi connectivity index (χ0) is 25.5. The van der Waals surface area contributed by atoms with Gasteiger partial charge in [-0.25, -0.2) is 12.4 Å². The number of hydrogen-bond acceptors (Lipinski definition) is 8. The number of benzene rings is 2. The van der Waals surface area contributed by atoms with E-state index in [0.717, 1.165) is 68.9 Å². The number of fused-ring (bicyclic) bond motifs is 1. The minimum atomic E-state index is -3.72. The number of carbonyl (C=O) groups excluding carboxylic acids is 1.